The second-order valence-electron chi connectivity index (χ2n) is 5.02. The van der Waals surface area contributed by atoms with Crippen LogP contribution in [-0.4, -0.2) is 65.9 Å². The molecule has 1 aromatic rings. The molecular weight excluding hydrogens is 264 g/mol. The van der Waals surface area contributed by atoms with Crippen LogP contribution in [-0.2, 0) is 11.2 Å². The largest absolute Gasteiger partial charge is 0.375 e. The van der Waals surface area contributed by atoms with E-state index in [4.69, 9.17) is 9.26 Å². The molecule has 3 heterocycles. The molecule has 0 amide bonds. The number of morpholine rings is 1. The monoisotopic (exact) mass is 284 g/mol. The number of nitrogens with one attached hydrogen (secondary N) is 1. The molecule has 0 spiro atoms. The van der Waals surface area contributed by atoms with Gasteiger partial charge in [-0.25, -0.2) is 0 Å². The Labute approximate surface area is 117 Å². The molecule has 106 valence electrons. The van der Waals surface area contributed by atoms with E-state index in [2.05, 4.69) is 27.4 Å². The quantitative estimate of drug-likeness (QED) is 0.857. The maximum Gasteiger partial charge on any atom is 0.229 e. The Morgan fingerprint density at radius 3 is 3.26 bits per heavy atom. The maximum absolute atomic E-state index is 5.65. The molecular formula is C12H20N4O2S. The molecule has 6 nitrogen and oxygen atoms in total. The normalized spacial score (nSPS) is 29.5. The van der Waals surface area contributed by atoms with E-state index in [0.717, 1.165) is 37.8 Å². The maximum atomic E-state index is 5.65. The van der Waals surface area contributed by atoms with Gasteiger partial charge in [0.05, 0.1) is 25.2 Å². The molecule has 2 atom stereocenters. The number of hydrogen-bond donors (Lipinski definition) is 1. The average molecular weight is 284 g/mol. The Bertz CT molecular complexity index is 408. The molecule has 2 aliphatic rings. The third kappa shape index (κ3) is 3.28. The van der Waals surface area contributed by atoms with E-state index in [1.54, 1.807) is 0 Å². The Morgan fingerprint density at radius 1 is 1.53 bits per heavy atom. The summed E-state index contributed by atoms with van der Waals surface area (Å²) < 4.78 is 11.0. The fraction of sp³-hybridized carbons (Fsp3) is 0.833. The van der Waals surface area contributed by atoms with Gasteiger partial charge < -0.3 is 14.6 Å². The zero-order valence-corrected chi connectivity index (χ0v) is 12.0. The van der Waals surface area contributed by atoms with Gasteiger partial charge in [-0.05, 0) is 7.05 Å². The molecule has 2 saturated heterocycles. The predicted molar refractivity (Wildman–Crippen MR) is 73.3 cm³/mol. The highest BCUT2D eigenvalue weighted by Gasteiger charge is 2.26. The summed E-state index contributed by atoms with van der Waals surface area (Å²) in [5, 5.41) is 7.44. The zero-order valence-electron chi connectivity index (χ0n) is 11.2. The highest BCUT2D eigenvalue weighted by Crippen LogP contribution is 2.26. The van der Waals surface area contributed by atoms with Crippen molar-refractivity contribution in [3.05, 3.63) is 11.7 Å². The van der Waals surface area contributed by atoms with Gasteiger partial charge in [0.1, 0.15) is 0 Å². The van der Waals surface area contributed by atoms with E-state index in [-0.39, 0.29) is 12.1 Å². The molecule has 1 N–H and O–H groups in total. The molecule has 0 aliphatic carbocycles. The van der Waals surface area contributed by atoms with E-state index < -0.39 is 0 Å². The first-order chi connectivity index (χ1) is 9.33. The lowest BCUT2D eigenvalue weighted by molar-refractivity contribution is 0.0246. The number of ether oxygens (including phenoxy) is 1. The smallest absolute Gasteiger partial charge is 0.229 e. The first-order valence-electron chi connectivity index (χ1n) is 6.75. The summed E-state index contributed by atoms with van der Waals surface area (Å²) >= 11 is 1.95. The van der Waals surface area contributed by atoms with E-state index in [1.807, 2.05) is 11.8 Å². The fourth-order valence-corrected chi connectivity index (χ4v) is 3.60. The molecule has 2 fully saturated rings. The van der Waals surface area contributed by atoms with Crippen LogP contribution in [0.2, 0.25) is 0 Å². The molecule has 0 saturated carbocycles. The van der Waals surface area contributed by atoms with Crippen LogP contribution in [0, 0.1) is 0 Å². The van der Waals surface area contributed by atoms with Gasteiger partial charge in [-0.15, -0.1) is 0 Å². The molecule has 0 bridgehead atoms. The lowest BCUT2D eigenvalue weighted by Gasteiger charge is -2.29. The summed E-state index contributed by atoms with van der Waals surface area (Å²) in [5.41, 5.74) is 0. The van der Waals surface area contributed by atoms with Gasteiger partial charge in [0, 0.05) is 31.1 Å². The molecule has 0 aromatic carbocycles. The standard InChI is InChI=1S/C12H20N4O2S/c1-16-3-5-19-8-10(16)12-14-11(18-15-12)6-9-7-13-2-4-17-9/h9-10,13H,2-8H2,1H3. The van der Waals surface area contributed by atoms with E-state index >= 15 is 0 Å². The Balaban J connectivity index is 1.61. The van der Waals surface area contributed by atoms with Gasteiger partial charge in [0.25, 0.3) is 0 Å². The Morgan fingerprint density at radius 2 is 2.47 bits per heavy atom. The molecule has 3 rings (SSSR count). The van der Waals surface area contributed by atoms with Gasteiger partial charge >= 0.3 is 0 Å². The summed E-state index contributed by atoms with van der Waals surface area (Å²) in [6.07, 6.45) is 0.851. The minimum absolute atomic E-state index is 0.153. The van der Waals surface area contributed by atoms with E-state index in [1.165, 1.54) is 5.75 Å². The fourth-order valence-electron chi connectivity index (χ4n) is 2.39. The lowest BCUT2D eigenvalue weighted by Crippen LogP contribution is -2.39. The van der Waals surface area contributed by atoms with Crippen LogP contribution in [0.25, 0.3) is 0 Å². The third-order valence-electron chi connectivity index (χ3n) is 3.58. The van der Waals surface area contributed by atoms with Crippen molar-refractivity contribution in [3.8, 4) is 0 Å². The van der Waals surface area contributed by atoms with Crippen LogP contribution in [0.4, 0.5) is 0 Å². The van der Waals surface area contributed by atoms with Crippen molar-refractivity contribution in [2.45, 2.75) is 18.6 Å². The van der Waals surface area contributed by atoms with Crippen molar-refractivity contribution in [3.63, 3.8) is 0 Å². The number of thioether (sulfide) groups is 1. The minimum Gasteiger partial charge on any atom is -0.375 e. The summed E-state index contributed by atoms with van der Waals surface area (Å²) in [7, 11) is 2.12. The molecule has 19 heavy (non-hydrogen) atoms. The topological polar surface area (TPSA) is 63.4 Å². The molecule has 2 unspecified atom stereocenters. The van der Waals surface area contributed by atoms with Crippen LogP contribution in [0.5, 0.6) is 0 Å². The van der Waals surface area contributed by atoms with Crippen molar-refractivity contribution >= 4 is 11.8 Å². The predicted octanol–water partition coefficient (Wildman–Crippen LogP) is 0.320. The first kappa shape index (κ1) is 13.4. The third-order valence-corrected chi connectivity index (χ3v) is 4.61. The highest BCUT2D eigenvalue weighted by atomic mass is 32.2. The summed E-state index contributed by atoms with van der Waals surface area (Å²) in [5.74, 6) is 3.72. The minimum atomic E-state index is 0.153. The zero-order chi connectivity index (χ0) is 13.1. The van der Waals surface area contributed by atoms with Crippen LogP contribution >= 0.6 is 11.8 Å². The number of rotatable bonds is 3. The van der Waals surface area contributed by atoms with Crippen LogP contribution in [0.3, 0.4) is 0 Å². The summed E-state index contributed by atoms with van der Waals surface area (Å²) in [6, 6.07) is 0.279. The van der Waals surface area contributed by atoms with Crippen molar-refractivity contribution in [2.75, 3.05) is 44.8 Å². The number of aromatic nitrogens is 2. The summed E-state index contributed by atoms with van der Waals surface area (Å²) in [4.78, 5) is 6.83. The highest BCUT2D eigenvalue weighted by molar-refractivity contribution is 7.99. The van der Waals surface area contributed by atoms with Gasteiger partial charge in [-0.3, -0.25) is 4.90 Å². The molecule has 2 aliphatic heterocycles. The van der Waals surface area contributed by atoms with Crippen molar-refractivity contribution in [1.82, 2.24) is 20.4 Å². The lowest BCUT2D eigenvalue weighted by atomic mass is 10.2. The Hall–Kier alpha value is -0.630. The van der Waals surface area contributed by atoms with Gasteiger partial charge in [-0.1, -0.05) is 5.16 Å². The SMILES string of the molecule is CN1CCSCC1c1noc(CC2CNCCO2)n1. The van der Waals surface area contributed by atoms with Crippen molar-refractivity contribution < 1.29 is 9.26 Å². The first-order valence-corrected chi connectivity index (χ1v) is 7.91. The van der Waals surface area contributed by atoms with Gasteiger partial charge in [-0.2, -0.15) is 16.7 Å². The number of nitrogens with zero attached hydrogens (tertiary/aromatic N) is 3. The van der Waals surface area contributed by atoms with Crippen molar-refractivity contribution in [2.24, 2.45) is 0 Å². The second-order valence-corrected chi connectivity index (χ2v) is 6.17. The summed E-state index contributed by atoms with van der Waals surface area (Å²) in [6.45, 7) is 3.62. The molecule has 1 aromatic heterocycles. The van der Waals surface area contributed by atoms with Crippen molar-refractivity contribution in [1.29, 1.82) is 0 Å². The molecule has 7 heteroatoms. The second kappa shape index (κ2) is 6.21. The van der Waals surface area contributed by atoms with Gasteiger partial charge in [0.2, 0.25) is 5.89 Å². The van der Waals surface area contributed by atoms with Crippen LogP contribution in [0.15, 0.2) is 4.52 Å². The number of hydrogen-bond acceptors (Lipinski definition) is 7. The van der Waals surface area contributed by atoms with E-state index in [0.29, 0.717) is 12.3 Å². The van der Waals surface area contributed by atoms with Gasteiger partial charge in [0.15, 0.2) is 5.82 Å². The van der Waals surface area contributed by atoms with Crippen LogP contribution in [0.1, 0.15) is 17.8 Å². The average Bonchev–Trinajstić information content (AvgIpc) is 2.89. The van der Waals surface area contributed by atoms with Crippen LogP contribution < -0.4 is 5.32 Å². The molecule has 0 radical (unpaired) electrons. The Kier molecular flexibility index (Phi) is 4.37. The van der Waals surface area contributed by atoms with E-state index in [9.17, 15) is 0 Å².